The Morgan fingerprint density at radius 3 is 1.40 bits per heavy atom. The van der Waals surface area contributed by atoms with Crippen LogP contribution in [0.5, 0.6) is 0 Å². The average Bonchev–Trinajstić information content (AvgIpc) is 0.811. The predicted molar refractivity (Wildman–Crippen MR) is 20.4 cm³/mol. The zero-order valence-electron chi connectivity index (χ0n) is 3.59. The summed E-state index contributed by atoms with van der Waals surface area (Å²) in [5.74, 6) is 0. The Bertz CT molecular complexity index is 11.6. The Kier molecular flexibility index (Phi) is 9.16. The summed E-state index contributed by atoms with van der Waals surface area (Å²) in [5.41, 5.74) is 0. The summed E-state index contributed by atoms with van der Waals surface area (Å²) in [6.07, 6.45) is 0. The molecule has 0 atom stereocenters. The maximum Gasteiger partial charge on any atom is 0 e. The van der Waals surface area contributed by atoms with Crippen molar-refractivity contribution in [3.63, 3.8) is 0 Å². The Labute approximate surface area is 50.7 Å². The SMILES string of the molecule is C[C-](C)Cl.[Zn]. The monoisotopic (exact) mass is 141 g/mol. The molecule has 0 amide bonds. The molecule has 0 aromatic heterocycles. The molecule has 2 heteroatoms. The fourth-order valence-corrected chi connectivity index (χ4v) is 0. The maximum absolute atomic E-state index is 5.19. The molecule has 0 fully saturated rings. The van der Waals surface area contributed by atoms with Crippen molar-refractivity contribution in [1.82, 2.24) is 0 Å². The normalized spacial score (nSPS) is 7.20. The molecular weight excluding hydrogens is 137 g/mol. The summed E-state index contributed by atoms with van der Waals surface area (Å²) >= 11 is 5.19. The van der Waals surface area contributed by atoms with Gasteiger partial charge in [-0.05, 0) is 0 Å². The molecule has 0 spiro atoms. The van der Waals surface area contributed by atoms with Crippen LogP contribution in [0.2, 0.25) is 0 Å². The van der Waals surface area contributed by atoms with E-state index in [1.807, 2.05) is 13.8 Å². The van der Waals surface area contributed by atoms with E-state index in [9.17, 15) is 0 Å². The minimum atomic E-state index is 0. The fourth-order valence-electron chi connectivity index (χ4n) is 0. The number of hydrogen-bond donors (Lipinski definition) is 0. The zero-order valence-corrected chi connectivity index (χ0v) is 7.31. The van der Waals surface area contributed by atoms with Crippen LogP contribution in [0.15, 0.2) is 0 Å². The van der Waals surface area contributed by atoms with E-state index < -0.39 is 0 Å². The van der Waals surface area contributed by atoms with E-state index >= 15 is 0 Å². The zero-order chi connectivity index (χ0) is 3.58. The smallest absolute Gasteiger partial charge is 0 e. The molecule has 5 heavy (non-hydrogen) atoms. The van der Waals surface area contributed by atoms with Crippen molar-refractivity contribution in [3.8, 4) is 0 Å². The van der Waals surface area contributed by atoms with Gasteiger partial charge in [0.15, 0.2) is 0 Å². The molecule has 0 radical (unpaired) electrons. The third-order valence-electron chi connectivity index (χ3n) is 0. The summed E-state index contributed by atoms with van der Waals surface area (Å²) in [6, 6.07) is 0. The predicted octanol–water partition coefficient (Wildman–Crippen LogP) is 1.79. The van der Waals surface area contributed by atoms with Gasteiger partial charge in [-0.2, -0.15) is 13.8 Å². The van der Waals surface area contributed by atoms with Gasteiger partial charge in [-0.25, -0.2) is 5.38 Å². The largest absolute Gasteiger partial charge is 0.346 e. The molecule has 0 N–H and O–H groups in total. The van der Waals surface area contributed by atoms with Crippen molar-refractivity contribution in [2.75, 3.05) is 0 Å². The number of halogens is 1. The summed E-state index contributed by atoms with van der Waals surface area (Å²) < 4.78 is 0. The Morgan fingerprint density at radius 2 is 1.40 bits per heavy atom. The van der Waals surface area contributed by atoms with E-state index in [4.69, 9.17) is 11.6 Å². The van der Waals surface area contributed by atoms with Gasteiger partial charge < -0.3 is 11.6 Å². The van der Waals surface area contributed by atoms with E-state index in [1.54, 1.807) is 0 Å². The van der Waals surface area contributed by atoms with Gasteiger partial charge in [0.2, 0.25) is 0 Å². The molecule has 0 saturated heterocycles. The number of rotatable bonds is 0. The molecule has 0 aromatic rings. The van der Waals surface area contributed by atoms with E-state index in [-0.39, 0.29) is 19.5 Å². The van der Waals surface area contributed by atoms with Crippen LogP contribution in [0, 0.1) is 5.38 Å². The van der Waals surface area contributed by atoms with Crippen LogP contribution in [-0.2, 0) is 19.5 Å². The molecule has 0 saturated carbocycles. The summed E-state index contributed by atoms with van der Waals surface area (Å²) in [6.45, 7) is 3.70. The van der Waals surface area contributed by atoms with Crippen LogP contribution in [0.3, 0.4) is 0 Å². The second-order valence-corrected chi connectivity index (χ2v) is 1.63. The second-order valence-electron chi connectivity index (χ2n) is 0.878. The molecule has 0 aliphatic heterocycles. The standard InChI is InChI=1S/C3H6Cl.Zn/c1-3(2)4;/h1-2H3;/q-1;. The van der Waals surface area contributed by atoms with Crippen molar-refractivity contribution in [1.29, 1.82) is 0 Å². The first-order valence-electron chi connectivity index (χ1n) is 1.19. The van der Waals surface area contributed by atoms with E-state index in [0.29, 0.717) is 0 Å². The maximum atomic E-state index is 5.19. The Morgan fingerprint density at radius 1 is 1.40 bits per heavy atom. The molecule has 0 aromatic carbocycles. The van der Waals surface area contributed by atoms with Gasteiger partial charge in [-0.15, -0.1) is 0 Å². The molecular formula is C3H6ClZn-. The third kappa shape index (κ3) is 50.0. The van der Waals surface area contributed by atoms with Crippen molar-refractivity contribution in [2.24, 2.45) is 0 Å². The fraction of sp³-hybridized carbons (Fsp3) is 0.667. The minimum Gasteiger partial charge on any atom is -0.346 e. The van der Waals surface area contributed by atoms with E-state index in [2.05, 4.69) is 0 Å². The van der Waals surface area contributed by atoms with Crippen LogP contribution in [0.25, 0.3) is 0 Å². The van der Waals surface area contributed by atoms with Crippen molar-refractivity contribution < 1.29 is 19.5 Å². The minimum absolute atomic E-state index is 0. The summed E-state index contributed by atoms with van der Waals surface area (Å²) in [4.78, 5) is 0. The van der Waals surface area contributed by atoms with Gasteiger partial charge in [-0.3, -0.25) is 0 Å². The van der Waals surface area contributed by atoms with Crippen LogP contribution >= 0.6 is 11.6 Å². The molecule has 0 bridgehead atoms. The number of hydrogen-bond acceptors (Lipinski definition) is 0. The molecule has 0 heterocycles. The first-order valence-corrected chi connectivity index (χ1v) is 1.57. The van der Waals surface area contributed by atoms with Gasteiger partial charge in [0.1, 0.15) is 0 Å². The molecule has 0 unspecified atom stereocenters. The van der Waals surface area contributed by atoms with Crippen molar-refractivity contribution in [2.45, 2.75) is 13.8 Å². The van der Waals surface area contributed by atoms with Crippen LogP contribution < -0.4 is 0 Å². The van der Waals surface area contributed by atoms with Crippen molar-refractivity contribution in [3.05, 3.63) is 5.38 Å². The average molecular weight is 143 g/mol. The third-order valence-corrected chi connectivity index (χ3v) is 0. The first kappa shape index (κ1) is 9.32. The van der Waals surface area contributed by atoms with E-state index in [0.717, 1.165) is 5.38 Å². The van der Waals surface area contributed by atoms with Gasteiger partial charge in [0.25, 0.3) is 0 Å². The Hall–Kier alpha value is 0.913. The quantitative estimate of drug-likeness (QED) is 0.358. The van der Waals surface area contributed by atoms with Crippen molar-refractivity contribution >= 4 is 11.6 Å². The summed E-state index contributed by atoms with van der Waals surface area (Å²) in [5, 5.41) is 0.889. The topological polar surface area (TPSA) is 0 Å². The van der Waals surface area contributed by atoms with Gasteiger partial charge in [0.05, 0.1) is 0 Å². The van der Waals surface area contributed by atoms with Gasteiger partial charge in [-0.1, -0.05) is 0 Å². The Balaban J connectivity index is 0. The van der Waals surface area contributed by atoms with Crippen LogP contribution in [-0.4, -0.2) is 0 Å². The van der Waals surface area contributed by atoms with Gasteiger partial charge >= 0.3 is 0 Å². The molecule has 0 nitrogen and oxygen atoms in total. The van der Waals surface area contributed by atoms with Gasteiger partial charge in [0, 0.05) is 19.5 Å². The molecule has 0 aliphatic carbocycles. The van der Waals surface area contributed by atoms with E-state index in [1.165, 1.54) is 0 Å². The molecule has 0 rings (SSSR count). The first-order chi connectivity index (χ1) is 1.73. The second kappa shape index (κ2) is 4.91. The molecule has 28 valence electrons. The molecule has 0 aliphatic rings. The summed E-state index contributed by atoms with van der Waals surface area (Å²) in [7, 11) is 0. The van der Waals surface area contributed by atoms with Crippen LogP contribution in [0.1, 0.15) is 13.8 Å². The van der Waals surface area contributed by atoms with Crippen LogP contribution in [0.4, 0.5) is 0 Å².